The zero-order valence-corrected chi connectivity index (χ0v) is 5.90. The molecule has 0 amide bonds. The fourth-order valence-corrected chi connectivity index (χ4v) is 0.803. The molecule has 0 heterocycles. The Bertz CT molecular complexity index is 250. The van der Waals surface area contributed by atoms with Gasteiger partial charge < -0.3 is 10.8 Å². The van der Waals surface area contributed by atoms with E-state index in [4.69, 9.17) is 10.8 Å². The summed E-state index contributed by atoms with van der Waals surface area (Å²) >= 11 is 0. The number of aliphatic carboxylic acids is 1. The van der Waals surface area contributed by atoms with E-state index < -0.39 is 12.0 Å². The zero-order valence-electron chi connectivity index (χ0n) is 5.90. The molecule has 1 unspecified atom stereocenters. The van der Waals surface area contributed by atoms with E-state index in [0.29, 0.717) is 5.56 Å². The van der Waals surface area contributed by atoms with Gasteiger partial charge >= 0.3 is 35.5 Å². The van der Waals surface area contributed by atoms with Crippen LogP contribution in [0.15, 0.2) is 30.3 Å². The second kappa shape index (κ2) is 5.32. The molecule has 1 aromatic carbocycles. The Kier molecular flexibility index (Phi) is 5.17. The Morgan fingerprint density at radius 2 is 1.83 bits per heavy atom. The van der Waals surface area contributed by atoms with Crippen LogP contribution in [-0.4, -0.2) is 40.6 Å². The summed E-state index contributed by atoms with van der Waals surface area (Å²) in [4.78, 5) is 10.4. The second-order valence-electron chi connectivity index (χ2n) is 2.23. The minimum atomic E-state index is -1.00. The predicted molar refractivity (Wildman–Crippen MR) is 48.2 cm³/mol. The maximum absolute atomic E-state index is 10.4. The van der Waals surface area contributed by atoms with Gasteiger partial charge in [-0.25, -0.2) is 0 Å². The third-order valence-electron chi connectivity index (χ3n) is 1.42. The zero-order chi connectivity index (χ0) is 8.27. The third-order valence-corrected chi connectivity index (χ3v) is 1.42. The molecule has 0 spiro atoms. The monoisotopic (exact) mass is 175 g/mol. The molecular formula is C8H10NNaO2. The fraction of sp³-hybridized carbons (Fsp3) is 0.125. The van der Waals surface area contributed by atoms with E-state index in [0.717, 1.165) is 0 Å². The van der Waals surface area contributed by atoms with Gasteiger partial charge in [0, 0.05) is 0 Å². The van der Waals surface area contributed by atoms with Crippen LogP contribution in [0.4, 0.5) is 0 Å². The van der Waals surface area contributed by atoms with Crippen molar-refractivity contribution < 1.29 is 9.90 Å². The first-order chi connectivity index (χ1) is 5.22. The van der Waals surface area contributed by atoms with Crippen molar-refractivity contribution in [3.05, 3.63) is 35.9 Å². The number of benzene rings is 1. The van der Waals surface area contributed by atoms with E-state index in [9.17, 15) is 4.79 Å². The molecule has 0 aliphatic carbocycles. The number of hydrogen-bond acceptors (Lipinski definition) is 2. The van der Waals surface area contributed by atoms with E-state index in [2.05, 4.69) is 0 Å². The van der Waals surface area contributed by atoms with Gasteiger partial charge in [0.15, 0.2) is 0 Å². The summed E-state index contributed by atoms with van der Waals surface area (Å²) in [5.41, 5.74) is 5.96. The van der Waals surface area contributed by atoms with E-state index in [1.165, 1.54) is 0 Å². The average Bonchev–Trinajstić information content (AvgIpc) is 2.05. The van der Waals surface area contributed by atoms with Gasteiger partial charge in [0.05, 0.1) is 0 Å². The molecule has 0 aliphatic rings. The van der Waals surface area contributed by atoms with Crippen LogP contribution in [0, 0.1) is 0 Å². The summed E-state index contributed by atoms with van der Waals surface area (Å²) in [7, 11) is 0. The van der Waals surface area contributed by atoms with Crippen LogP contribution >= 0.6 is 0 Å². The quantitative estimate of drug-likeness (QED) is 0.627. The van der Waals surface area contributed by atoms with Crippen molar-refractivity contribution in [2.24, 2.45) is 5.73 Å². The fourth-order valence-electron chi connectivity index (χ4n) is 0.803. The van der Waals surface area contributed by atoms with Crippen molar-refractivity contribution in [3.63, 3.8) is 0 Å². The van der Waals surface area contributed by atoms with Crippen LogP contribution in [-0.2, 0) is 4.79 Å². The van der Waals surface area contributed by atoms with Gasteiger partial charge in [-0.3, -0.25) is 4.79 Å². The molecule has 3 nitrogen and oxygen atoms in total. The summed E-state index contributed by atoms with van der Waals surface area (Å²) < 4.78 is 0. The molecule has 0 aliphatic heterocycles. The Labute approximate surface area is 92.9 Å². The van der Waals surface area contributed by atoms with E-state index >= 15 is 0 Å². The van der Waals surface area contributed by atoms with Gasteiger partial charge in [-0.1, -0.05) is 30.3 Å². The molecule has 0 aromatic heterocycles. The Morgan fingerprint density at radius 1 is 1.33 bits per heavy atom. The van der Waals surface area contributed by atoms with Crippen molar-refractivity contribution in [2.75, 3.05) is 0 Å². The van der Waals surface area contributed by atoms with Crippen molar-refractivity contribution in [2.45, 2.75) is 6.04 Å². The second-order valence-corrected chi connectivity index (χ2v) is 2.23. The summed E-state index contributed by atoms with van der Waals surface area (Å²) in [6, 6.07) is 7.82. The van der Waals surface area contributed by atoms with Crippen molar-refractivity contribution in [1.29, 1.82) is 0 Å². The third kappa shape index (κ3) is 2.95. The average molecular weight is 175 g/mol. The van der Waals surface area contributed by atoms with Crippen molar-refractivity contribution in [3.8, 4) is 0 Å². The topological polar surface area (TPSA) is 63.3 Å². The molecule has 0 fully saturated rings. The molecule has 1 atom stereocenters. The van der Waals surface area contributed by atoms with Crippen LogP contribution in [0.2, 0.25) is 0 Å². The summed E-state index contributed by atoms with van der Waals surface area (Å²) in [6.07, 6.45) is 0. The number of rotatable bonds is 2. The van der Waals surface area contributed by atoms with Gasteiger partial charge in [-0.15, -0.1) is 0 Å². The number of carbonyl (C=O) groups is 1. The standard InChI is InChI=1S/C8H9NO2.Na.H/c9-7(8(10)11)6-4-2-1-3-5-6;;/h1-5,7H,9H2,(H,10,11);;. The molecule has 3 N–H and O–H groups in total. The van der Waals surface area contributed by atoms with Crippen LogP contribution in [0.25, 0.3) is 0 Å². The molecule has 12 heavy (non-hydrogen) atoms. The first-order valence-corrected chi connectivity index (χ1v) is 3.25. The van der Waals surface area contributed by atoms with E-state index in [1.54, 1.807) is 24.3 Å². The first kappa shape index (κ1) is 11.6. The summed E-state index contributed by atoms with van der Waals surface area (Å²) in [5, 5.41) is 8.51. The van der Waals surface area contributed by atoms with Gasteiger partial charge in [-0.2, -0.15) is 0 Å². The normalized spacial score (nSPS) is 11.4. The molecule has 0 radical (unpaired) electrons. The summed E-state index contributed by atoms with van der Waals surface area (Å²) in [5.74, 6) is -1.00. The van der Waals surface area contributed by atoms with Gasteiger partial charge in [0.1, 0.15) is 6.04 Å². The molecule has 60 valence electrons. The number of hydrogen-bond donors (Lipinski definition) is 2. The number of carboxylic acids is 1. The van der Waals surface area contributed by atoms with Crippen LogP contribution < -0.4 is 5.73 Å². The molecule has 0 saturated heterocycles. The van der Waals surface area contributed by atoms with Gasteiger partial charge in [0.2, 0.25) is 0 Å². The SMILES string of the molecule is NC(C(=O)O)c1ccccc1.[NaH]. The Hall–Kier alpha value is -0.350. The van der Waals surface area contributed by atoms with Crippen LogP contribution in [0.3, 0.4) is 0 Å². The van der Waals surface area contributed by atoms with Crippen molar-refractivity contribution >= 4 is 35.5 Å². The van der Waals surface area contributed by atoms with E-state index in [-0.39, 0.29) is 29.6 Å². The van der Waals surface area contributed by atoms with Crippen LogP contribution in [0.5, 0.6) is 0 Å². The Balaban J connectivity index is 0.00000121. The molecular weight excluding hydrogens is 165 g/mol. The Morgan fingerprint density at radius 3 is 2.25 bits per heavy atom. The molecule has 1 rings (SSSR count). The van der Waals surface area contributed by atoms with Gasteiger partial charge in [0.25, 0.3) is 0 Å². The van der Waals surface area contributed by atoms with Crippen LogP contribution in [0.1, 0.15) is 11.6 Å². The van der Waals surface area contributed by atoms with Gasteiger partial charge in [-0.05, 0) is 5.56 Å². The molecule has 0 saturated carbocycles. The minimum absolute atomic E-state index is 0. The first-order valence-electron chi connectivity index (χ1n) is 3.25. The number of nitrogens with two attached hydrogens (primary N) is 1. The molecule has 1 aromatic rings. The van der Waals surface area contributed by atoms with Crippen molar-refractivity contribution in [1.82, 2.24) is 0 Å². The predicted octanol–water partition coefficient (Wildman–Crippen LogP) is 0.122. The molecule has 0 bridgehead atoms. The number of carboxylic acid groups (broad SMARTS) is 1. The summed E-state index contributed by atoms with van der Waals surface area (Å²) in [6.45, 7) is 0. The molecule has 4 heteroatoms. The maximum atomic E-state index is 10.4. The van der Waals surface area contributed by atoms with E-state index in [1.807, 2.05) is 6.07 Å².